The number of nitrogens with one attached hydrogen (secondary N) is 1. The molecule has 2 aromatic carbocycles. The fourth-order valence-electron chi connectivity index (χ4n) is 2.77. The zero-order chi connectivity index (χ0) is 18.2. The molecule has 0 spiro atoms. The number of hydrogen-bond acceptors (Lipinski definition) is 2. The second-order valence-corrected chi connectivity index (χ2v) is 6.22. The summed E-state index contributed by atoms with van der Waals surface area (Å²) in [5.41, 5.74) is 1.75. The number of rotatable bonds is 7. The first kappa shape index (κ1) is 19.0. The first-order chi connectivity index (χ1) is 12.1. The Hall–Kier alpha value is -2.33. The first-order valence-corrected chi connectivity index (χ1v) is 8.73. The number of hydrogen-bond donors (Lipinski definition) is 1. The summed E-state index contributed by atoms with van der Waals surface area (Å²) in [5.74, 6) is -0.279. The standard InChI is InChI=1S/C20H23ClN2O2/c1-3-18(20(25)22-2)23(14-15-9-5-4-6-10-15)19(24)13-16-11-7-8-12-17(16)21/h4-12,18H,3,13-14H2,1-2H3,(H,22,25)/t18-/m1/s1. The van der Waals surface area contributed by atoms with Gasteiger partial charge in [-0.25, -0.2) is 0 Å². The first-order valence-electron chi connectivity index (χ1n) is 8.35. The quantitative estimate of drug-likeness (QED) is 0.824. The van der Waals surface area contributed by atoms with Crippen molar-refractivity contribution in [3.05, 3.63) is 70.7 Å². The molecule has 132 valence electrons. The average molecular weight is 359 g/mol. The maximum Gasteiger partial charge on any atom is 0.242 e. The molecule has 0 radical (unpaired) electrons. The van der Waals surface area contributed by atoms with Crippen LogP contribution in [-0.2, 0) is 22.6 Å². The molecule has 0 saturated carbocycles. The van der Waals surface area contributed by atoms with E-state index in [9.17, 15) is 9.59 Å². The highest BCUT2D eigenvalue weighted by Crippen LogP contribution is 2.19. The molecule has 0 fully saturated rings. The Morgan fingerprint density at radius 3 is 2.32 bits per heavy atom. The number of benzene rings is 2. The van der Waals surface area contributed by atoms with Crippen molar-refractivity contribution in [1.82, 2.24) is 10.2 Å². The van der Waals surface area contributed by atoms with Crippen LogP contribution in [-0.4, -0.2) is 29.8 Å². The van der Waals surface area contributed by atoms with Crippen LogP contribution in [0.5, 0.6) is 0 Å². The zero-order valence-electron chi connectivity index (χ0n) is 14.5. The smallest absolute Gasteiger partial charge is 0.242 e. The van der Waals surface area contributed by atoms with Crippen LogP contribution in [0.25, 0.3) is 0 Å². The van der Waals surface area contributed by atoms with E-state index in [4.69, 9.17) is 11.6 Å². The molecule has 0 heterocycles. The molecule has 0 aliphatic carbocycles. The van der Waals surface area contributed by atoms with E-state index < -0.39 is 6.04 Å². The van der Waals surface area contributed by atoms with Crippen molar-refractivity contribution < 1.29 is 9.59 Å². The van der Waals surface area contributed by atoms with Crippen LogP contribution in [0.1, 0.15) is 24.5 Å². The van der Waals surface area contributed by atoms with Crippen LogP contribution in [0.3, 0.4) is 0 Å². The van der Waals surface area contributed by atoms with Gasteiger partial charge in [-0.15, -0.1) is 0 Å². The van der Waals surface area contributed by atoms with Crippen LogP contribution in [0.15, 0.2) is 54.6 Å². The van der Waals surface area contributed by atoms with Crippen LogP contribution in [0.2, 0.25) is 5.02 Å². The van der Waals surface area contributed by atoms with Crippen molar-refractivity contribution in [2.45, 2.75) is 32.4 Å². The topological polar surface area (TPSA) is 49.4 Å². The second-order valence-electron chi connectivity index (χ2n) is 5.81. The highest BCUT2D eigenvalue weighted by Gasteiger charge is 2.28. The lowest BCUT2D eigenvalue weighted by molar-refractivity contribution is -0.140. The molecule has 0 bridgehead atoms. The lowest BCUT2D eigenvalue weighted by Gasteiger charge is -2.30. The summed E-state index contributed by atoms with van der Waals surface area (Å²) in [6, 6.07) is 16.4. The largest absolute Gasteiger partial charge is 0.357 e. The molecule has 1 N–H and O–H groups in total. The van der Waals surface area contributed by atoms with Gasteiger partial charge in [0.1, 0.15) is 6.04 Å². The summed E-state index contributed by atoms with van der Waals surface area (Å²) in [6.45, 7) is 2.29. The van der Waals surface area contributed by atoms with Crippen molar-refractivity contribution >= 4 is 23.4 Å². The lowest BCUT2D eigenvalue weighted by Crippen LogP contribution is -2.48. The number of amides is 2. The van der Waals surface area contributed by atoms with Crippen molar-refractivity contribution in [3.8, 4) is 0 Å². The maximum absolute atomic E-state index is 13.0. The fourth-order valence-corrected chi connectivity index (χ4v) is 2.98. The SMILES string of the molecule is CC[C@H](C(=O)NC)N(Cc1ccccc1)C(=O)Cc1ccccc1Cl. The molecular weight excluding hydrogens is 336 g/mol. The van der Waals surface area contributed by atoms with Crippen LogP contribution in [0.4, 0.5) is 0 Å². The van der Waals surface area contributed by atoms with Gasteiger partial charge in [0.15, 0.2) is 0 Å². The average Bonchev–Trinajstić information content (AvgIpc) is 2.64. The van der Waals surface area contributed by atoms with Gasteiger partial charge in [-0.05, 0) is 23.6 Å². The Bertz CT molecular complexity index is 719. The van der Waals surface area contributed by atoms with Gasteiger partial charge in [-0.3, -0.25) is 9.59 Å². The molecule has 0 aromatic heterocycles. The maximum atomic E-state index is 13.0. The third-order valence-corrected chi connectivity index (χ3v) is 4.50. The Balaban J connectivity index is 2.27. The summed E-state index contributed by atoms with van der Waals surface area (Å²) in [7, 11) is 1.59. The minimum atomic E-state index is -0.514. The van der Waals surface area contributed by atoms with Gasteiger partial charge in [0.05, 0.1) is 6.42 Å². The minimum absolute atomic E-state index is 0.118. The van der Waals surface area contributed by atoms with E-state index in [1.54, 1.807) is 18.0 Å². The summed E-state index contributed by atoms with van der Waals surface area (Å²) in [6.07, 6.45) is 0.709. The molecule has 4 nitrogen and oxygen atoms in total. The van der Waals surface area contributed by atoms with Crippen molar-refractivity contribution in [2.24, 2.45) is 0 Å². The summed E-state index contributed by atoms with van der Waals surface area (Å²) in [5, 5.41) is 3.21. The summed E-state index contributed by atoms with van der Waals surface area (Å²) in [4.78, 5) is 26.9. The normalized spacial score (nSPS) is 11.6. The minimum Gasteiger partial charge on any atom is -0.357 e. The molecule has 2 rings (SSSR count). The number of carbonyl (C=O) groups excluding carboxylic acids is 2. The number of likely N-dealkylation sites (N-methyl/N-ethyl adjacent to an activating group) is 1. The predicted molar refractivity (Wildman–Crippen MR) is 100 cm³/mol. The van der Waals surface area contributed by atoms with E-state index in [2.05, 4.69) is 5.32 Å². The Morgan fingerprint density at radius 1 is 1.08 bits per heavy atom. The monoisotopic (exact) mass is 358 g/mol. The van der Waals surface area contributed by atoms with Crippen molar-refractivity contribution in [1.29, 1.82) is 0 Å². The molecule has 2 aromatic rings. The fraction of sp³-hybridized carbons (Fsp3) is 0.300. The van der Waals surface area contributed by atoms with E-state index in [1.807, 2.05) is 55.5 Å². The third-order valence-electron chi connectivity index (χ3n) is 4.13. The highest BCUT2D eigenvalue weighted by atomic mass is 35.5. The summed E-state index contributed by atoms with van der Waals surface area (Å²) >= 11 is 6.19. The van der Waals surface area contributed by atoms with E-state index in [1.165, 1.54) is 0 Å². The summed E-state index contributed by atoms with van der Waals surface area (Å²) < 4.78 is 0. The van der Waals surface area contributed by atoms with E-state index in [-0.39, 0.29) is 18.2 Å². The van der Waals surface area contributed by atoms with Crippen LogP contribution in [0, 0.1) is 0 Å². The Kier molecular flexibility index (Phi) is 7.02. The Morgan fingerprint density at radius 2 is 1.72 bits per heavy atom. The number of halogens is 1. The van der Waals surface area contributed by atoms with Gasteiger partial charge in [0.2, 0.25) is 11.8 Å². The molecule has 0 aliphatic heterocycles. The zero-order valence-corrected chi connectivity index (χ0v) is 15.3. The number of carbonyl (C=O) groups is 2. The predicted octanol–water partition coefficient (Wildman–Crippen LogP) is 3.44. The van der Waals surface area contributed by atoms with Crippen LogP contribution >= 0.6 is 11.6 Å². The van der Waals surface area contributed by atoms with Gasteiger partial charge < -0.3 is 10.2 Å². The van der Waals surface area contributed by atoms with Gasteiger partial charge >= 0.3 is 0 Å². The molecule has 25 heavy (non-hydrogen) atoms. The molecular formula is C20H23ClN2O2. The van der Waals surface area contributed by atoms with Gasteiger partial charge in [0, 0.05) is 18.6 Å². The molecule has 1 atom stereocenters. The van der Waals surface area contributed by atoms with Crippen molar-refractivity contribution in [3.63, 3.8) is 0 Å². The Labute approximate surface area is 153 Å². The molecule has 0 aliphatic rings. The molecule has 0 saturated heterocycles. The van der Waals surface area contributed by atoms with E-state index in [0.29, 0.717) is 18.0 Å². The van der Waals surface area contributed by atoms with Crippen LogP contribution < -0.4 is 5.32 Å². The van der Waals surface area contributed by atoms with Gasteiger partial charge in [0.25, 0.3) is 0 Å². The lowest BCUT2D eigenvalue weighted by atomic mass is 10.1. The van der Waals surface area contributed by atoms with Gasteiger partial charge in [-0.1, -0.05) is 67.1 Å². The molecule has 0 unspecified atom stereocenters. The second kappa shape index (κ2) is 9.23. The van der Waals surface area contributed by atoms with Gasteiger partial charge in [-0.2, -0.15) is 0 Å². The molecule has 2 amide bonds. The highest BCUT2D eigenvalue weighted by molar-refractivity contribution is 6.31. The van der Waals surface area contributed by atoms with Crippen molar-refractivity contribution in [2.75, 3.05) is 7.05 Å². The van der Waals surface area contributed by atoms with E-state index in [0.717, 1.165) is 11.1 Å². The van der Waals surface area contributed by atoms with E-state index >= 15 is 0 Å². The third kappa shape index (κ3) is 5.07. The number of nitrogens with zero attached hydrogens (tertiary/aromatic N) is 1. The molecule has 5 heteroatoms.